The Morgan fingerprint density at radius 1 is 0.281 bits per heavy atom. The molecule has 0 atom stereocenters. The van der Waals surface area contributed by atoms with Crippen LogP contribution in [0.1, 0.15) is 89.5 Å². The number of amides is 4. The Kier molecular flexibility index (Phi) is 32.8. The molecule has 0 aliphatic heterocycles. The minimum atomic E-state index is -0.340. The van der Waals surface area contributed by atoms with Crippen LogP contribution in [-0.2, 0) is 97.0 Å². The van der Waals surface area contributed by atoms with Crippen molar-refractivity contribution in [2.45, 2.75) is 77.8 Å². The molecular weight excluding hydrogens is 1700 g/mol. The van der Waals surface area contributed by atoms with Gasteiger partial charge in [-0.25, -0.2) is 44.3 Å². The van der Waals surface area contributed by atoms with Crippen molar-refractivity contribution >= 4 is 74.4 Å². The maximum Gasteiger partial charge on any atom is 0.229 e. The van der Waals surface area contributed by atoms with Gasteiger partial charge in [0.25, 0.3) is 0 Å². The molecule has 0 aliphatic carbocycles. The minimum Gasteiger partial charge on any atom is -0.508 e. The van der Waals surface area contributed by atoms with Gasteiger partial charge in [0, 0.05) is 57.4 Å². The molecular formula is C104H89BrClFN12O9. The number of anilines is 4. The Bertz CT molecular complexity index is 5560. The molecule has 640 valence electrons. The standard InChI is InChI=1S/C26H22BrN3O2.C26H22ClN3O2.C26H22FN3O2.C26H23N3O3/c3*27-22-12-8-19(9-13-22)15-25(32)30-26-23(14-18-4-2-1-3-5-18)29-24(16-28-26)21-10-6-20(17-31)7-11-21;30-17-20-6-10-21(11-7-20)24-16-27-26(23(28-24)14-18-4-2-1-3-5-18)29-25(32)15-19-8-12-22(31)13-9-19/h3*1-13,16,31H,14-15,17H2,(H,28,30,32);1-13,16,30-31H,14-15,17H2,(H,27,29,32). The van der Waals surface area contributed by atoms with Gasteiger partial charge in [0.1, 0.15) is 11.6 Å². The zero-order valence-corrected chi connectivity index (χ0v) is 71.7. The van der Waals surface area contributed by atoms with E-state index in [1.807, 2.05) is 255 Å². The van der Waals surface area contributed by atoms with E-state index in [9.17, 15) is 49.1 Å². The maximum absolute atomic E-state index is 13.1. The molecule has 9 N–H and O–H groups in total. The van der Waals surface area contributed by atoms with Crippen LogP contribution in [0, 0.1) is 5.82 Å². The van der Waals surface area contributed by atoms with Gasteiger partial charge in [-0.1, -0.05) is 294 Å². The second-order valence-electron chi connectivity index (χ2n) is 29.7. The van der Waals surface area contributed by atoms with Crippen LogP contribution in [0.3, 0.4) is 0 Å². The first-order chi connectivity index (χ1) is 62.4. The highest BCUT2D eigenvalue weighted by Gasteiger charge is 2.20. The number of halogens is 3. The van der Waals surface area contributed by atoms with Crippen molar-refractivity contribution in [1.82, 2.24) is 39.9 Å². The van der Waals surface area contributed by atoms with E-state index in [0.29, 0.717) is 105 Å². The van der Waals surface area contributed by atoms with Gasteiger partial charge in [-0.3, -0.25) is 19.2 Å². The molecule has 12 aromatic carbocycles. The van der Waals surface area contributed by atoms with E-state index >= 15 is 0 Å². The van der Waals surface area contributed by atoms with E-state index < -0.39 is 0 Å². The van der Waals surface area contributed by atoms with Crippen LogP contribution < -0.4 is 21.3 Å². The molecule has 0 unspecified atom stereocenters. The van der Waals surface area contributed by atoms with Gasteiger partial charge >= 0.3 is 0 Å². The minimum absolute atomic E-state index is 0.00540. The number of aromatic hydroxyl groups is 1. The van der Waals surface area contributed by atoms with Gasteiger partial charge in [-0.05, 0) is 115 Å². The Hall–Kier alpha value is -14.8. The lowest BCUT2D eigenvalue weighted by molar-refractivity contribution is -0.116. The third-order valence-electron chi connectivity index (χ3n) is 20.1. The molecule has 0 spiro atoms. The molecule has 0 saturated heterocycles. The van der Waals surface area contributed by atoms with Crippen molar-refractivity contribution < 1.29 is 49.1 Å². The van der Waals surface area contributed by atoms with Crippen LogP contribution in [0.2, 0.25) is 5.02 Å². The van der Waals surface area contributed by atoms with E-state index in [1.165, 1.54) is 12.1 Å². The molecule has 0 radical (unpaired) electrons. The second kappa shape index (κ2) is 46.2. The van der Waals surface area contributed by atoms with Crippen molar-refractivity contribution in [3.8, 4) is 50.8 Å². The van der Waals surface area contributed by atoms with Crippen molar-refractivity contribution in [2.24, 2.45) is 0 Å². The summed E-state index contributed by atoms with van der Waals surface area (Å²) in [5.74, 6) is 0.785. The summed E-state index contributed by atoms with van der Waals surface area (Å²) in [5, 5.41) is 58.7. The number of aliphatic hydroxyl groups excluding tert-OH is 4. The van der Waals surface area contributed by atoms with E-state index in [2.05, 4.69) is 57.1 Å². The highest BCUT2D eigenvalue weighted by atomic mass is 79.9. The first-order valence-electron chi connectivity index (χ1n) is 41.0. The highest BCUT2D eigenvalue weighted by Crippen LogP contribution is 2.30. The van der Waals surface area contributed by atoms with Crippen LogP contribution in [0.4, 0.5) is 27.7 Å². The van der Waals surface area contributed by atoms with Gasteiger partial charge in [-0.15, -0.1) is 0 Å². The number of nitrogens with zero attached hydrogens (tertiary/aromatic N) is 8. The number of benzene rings is 12. The van der Waals surface area contributed by atoms with Gasteiger partial charge < -0.3 is 46.8 Å². The van der Waals surface area contributed by atoms with Gasteiger partial charge in [0.2, 0.25) is 23.6 Å². The van der Waals surface area contributed by atoms with Gasteiger partial charge in [0.15, 0.2) is 23.3 Å². The second-order valence-corrected chi connectivity index (χ2v) is 31.1. The Labute approximate surface area is 753 Å². The van der Waals surface area contributed by atoms with Crippen LogP contribution in [0.15, 0.2) is 345 Å². The number of phenols is 1. The lowest BCUT2D eigenvalue weighted by Crippen LogP contribution is -2.17. The predicted molar refractivity (Wildman–Crippen MR) is 500 cm³/mol. The summed E-state index contributed by atoms with van der Waals surface area (Å²) in [4.78, 5) is 87.8. The zero-order chi connectivity index (χ0) is 89.4. The van der Waals surface area contributed by atoms with Gasteiger partial charge in [-0.2, -0.15) is 0 Å². The lowest BCUT2D eigenvalue weighted by atomic mass is 10.1. The SMILES string of the molecule is O=C(Cc1ccc(Br)cc1)Nc1ncc(-c2ccc(CO)cc2)nc1Cc1ccccc1.O=C(Cc1ccc(Cl)cc1)Nc1ncc(-c2ccc(CO)cc2)nc1Cc1ccccc1.O=C(Cc1ccc(F)cc1)Nc1ncc(-c2ccc(CO)cc2)nc1Cc1ccccc1.O=C(Cc1ccc(O)cc1)Nc1ncc(-c2ccc(CO)cc2)nc1Cc1ccccc1. The fourth-order valence-electron chi connectivity index (χ4n) is 13.3. The molecule has 16 aromatic rings. The first-order valence-corrected chi connectivity index (χ1v) is 42.2. The van der Waals surface area contributed by atoms with Crippen molar-refractivity contribution in [3.63, 3.8) is 0 Å². The average Bonchev–Trinajstić information content (AvgIpc) is 0.829. The van der Waals surface area contributed by atoms with Crippen molar-refractivity contribution in [1.29, 1.82) is 0 Å². The summed E-state index contributed by atoms with van der Waals surface area (Å²) in [6.45, 7) is -0.0557. The largest absolute Gasteiger partial charge is 0.508 e. The predicted octanol–water partition coefficient (Wildman–Crippen LogP) is 18.9. The molecule has 0 fully saturated rings. The number of hydrogen-bond acceptors (Lipinski definition) is 17. The van der Waals surface area contributed by atoms with Crippen molar-refractivity contribution in [3.05, 3.63) is 445 Å². The molecule has 0 bridgehead atoms. The summed E-state index contributed by atoms with van der Waals surface area (Å²) in [5.41, 5.74) is 19.9. The van der Waals surface area contributed by atoms with Gasteiger partial charge in [0.05, 0.1) is 122 Å². The molecule has 4 heterocycles. The number of carbonyl (C=O) groups excluding carboxylic acids is 4. The highest BCUT2D eigenvalue weighted by molar-refractivity contribution is 9.10. The molecule has 16 rings (SSSR count). The third kappa shape index (κ3) is 27.6. The molecule has 0 aliphatic rings. The number of rotatable bonds is 28. The monoisotopic (exact) mass is 1780 g/mol. The Morgan fingerprint density at radius 2 is 0.500 bits per heavy atom. The molecule has 4 amide bonds. The van der Waals surface area contributed by atoms with Crippen molar-refractivity contribution in [2.75, 3.05) is 21.3 Å². The fourth-order valence-corrected chi connectivity index (χ4v) is 13.7. The maximum atomic E-state index is 13.1. The van der Waals surface area contributed by atoms with E-state index in [0.717, 1.165) is 87.9 Å². The third-order valence-corrected chi connectivity index (χ3v) is 20.9. The van der Waals surface area contributed by atoms with E-state index in [1.54, 1.807) is 73.3 Å². The number of aliphatic hydroxyl groups is 4. The summed E-state index contributed by atoms with van der Waals surface area (Å²) in [7, 11) is 0. The smallest absolute Gasteiger partial charge is 0.229 e. The molecule has 128 heavy (non-hydrogen) atoms. The number of phenolic OH excluding ortho intramolecular Hbond substituents is 1. The Morgan fingerprint density at radius 3 is 0.742 bits per heavy atom. The number of carbonyl (C=O) groups is 4. The van der Waals surface area contributed by atoms with Crippen LogP contribution in [0.25, 0.3) is 45.0 Å². The van der Waals surface area contributed by atoms with E-state index in [-0.39, 0.29) is 87.3 Å². The van der Waals surface area contributed by atoms with Crippen LogP contribution in [0.5, 0.6) is 5.75 Å². The molecule has 24 heteroatoms. The molecule has 0 saturated carbocycles. The normalized spacial score (nSPS) is 10.7. The number of nitrogens with one attached hydrogen (secondary N) is 4. The lowest BCUT2D eigenvalue weighted by Gasteiger charge is -2.12. The fraction of sp³-hybridized carbons (Fsp3) is 0.115. The number of aromatic nitrogens is 8. The summed E-state index contributed by atoms with van der Waals surface area (Å²) < 4.78 is 14.1. The molecule has 4 aromatic heterocycles. The first kappa shape index (κ1) is 90.9. The summed E-state index contributed by atoms with van der Waals surface area (Å²) in [6, 6.07) is 96.9. The summed E-state index contributed by atoms with van der Waals surface area (Å²) >= 11 is 9.34. The molecule has 21 nitrogen and oxygen atoms in total. The Balaban J connectivity index is 0.000000146. The van der Waals surface area contributed by atoms with E-state index in [4.69, 9.17) is 31.5 Å². The van der Waals surface area contributed by atoms with Crippen LogP contribution >= 0.6 is 27.5 Å². The quantitative estimate of drug-likeness (QED) is 0.0220. The topological polar surface area (TPSA) is 321 Å². The summed E-state index contributed by atoms with van der Waals surface area (Å²) in [6.07, 6.45) is 9.42. The number of hydrogen-bond donors (Lipinski definition) is 9. The zero-order valence-electron chi connectivity index (χ0n) is 69.4. The average molecular weight is 1790 g/mol. The van der Waals surface area contributed by atoms with Crippen LogP contribution in [-0.4, -0.2) is 89.0 Å².